The van der Waals surface area contributed by atoms with Gasteiger partial charge < -0.3 is 18.9 Å². The molecule has 2 aliphatic rings. The third-order valence-electron chi connectivity index (χ3n) is 5.01. The smallest absolute Gasteiger partial charge is 0.343 e. The minimum atomic E-state index is -0.573. The molecular formula is C24H14Cl2O6. The molecule has 0 atom stereocenters. The fraction of sp³-hybridized carbons (Fsp3) is 0.0833. The van der Waals surface area contributed by atoms with Crippen LogP contribution in [0.2, 0.25) is 10.0 Å². The summed E-state index contributed by atoms with van der Waals surface area (Å²) >= 11 is 12.1. The first kappa shape index (κ1) is 20.4. The summed E-state index contributed by atoms with van der Waals surface area (Å²) in [6.07, 6.45) is 1.55. The number of carbonyl (C=O) groups is 2. The average molecular weight is 469 g/mol. The first-order chi connectivity index (χ1) is 15.4. The highest BCUT2D eigenvalue weighted by molar-refractivity contribution is 6.35. The molecule has 5 rings (SSSR count). The number of esters is 1. The van der Waals surface area contributed by atoms with E-state index in [4.69, 9.17) is 42.1 Å². The molecule has 8 heteroatoms. The van der Waals surface area contributed by atoms with E-state index in [1.54, 1.807) is 55.5 Å². The maximum Gasteiger partial charge on any atom is 0.343 e. The second-order valence-electron chi connectivity index (χ2n) is 7.18. The highest BCUT2D eigenvalue weighted by Gasteiger charge is 2.30. The number of Topliss-reactive ketones (excluding diaryl/α,β-unsaturated/α-hetero) is 1. The number of halogens is 2. The molecule has 32 heavy (non-hydrogen) atoms. The van der Waals surface area contributed by atoms with Crippen LogP contribution in [0.15, 0.2) is 54.3 Å². The van der Waals surface area contributed by atoms with Crippen LogP contribution in [-0.4, -0.2) is 18.5 Å². The van der Waals surface area contributed by atoms with Gasteiger partial charge >= 0.3 is 5.97 Å². The van der Waals surface area contributed by atoms with Crippen molar-refractivity contribution < 1.29 is 28.5 Å². The van der Waals surface area contributed by atoms with E-state index < -0.39 is 5.97 Å². The molecule has 2 aliphatic heterocycles. The third-order valence-corrected chi connectivity index (χ3v) is 5.57. The van der Waals surface area contributed by atoms with E-state index in [9.17, 15) is 9.59 Å². The van der Waals surface area contributed by atoms with Gasteiger partial charge in [-0.05, 0) is 60.5 Å². The van der Waals surface area contributed by atoms with Gasteiger partial charge in [-0.3, -0.25) is 4.79 Å². The molecule has 0 spiro atoms. The van der Waals surface area contributed by atoms with E-state index in [1.807, 2.05) is 0 Å². The van der Waals surface area contributed by atoms with E-state index in [0.717, 1.165) is 0 Å². The summed E-state index contributed by atoms with van der Waals surface area (Å²) in [5.41, 5.74) is 1.93. The fourth-order valence-corrected chi connectivity index (χ4v) is 3.95. The number of hydrogen-bond donors (Lipinski definition) is 0. The van der Waals surface area contributed by atoms with Crippen molar-refractivity contribution in [2.24, 2.45) is 0 Å². The van der Waals surface area contributed by atoms with Gasteiger partial charge in [0.2, 0.25) is 12.6 Å². The number of ether oxygens (including phenoxy) is 4. The summed E-state index contributed by atoms with van der Waals surface area (Å²) < 4.78 is 21.8. The number of allylic oxidation sites excluding steroid dienone is 1. The molecule has 0 aliphatic carbocycles. The Morgan fingerprint density at radius 3 is 2.62 bits per heavy atom. The number of fused-ring (bicyclic) bond motifs is 2. The van der Waals surface area contributed by atoms with Crippen LogP contribution in [0.4, 0.5) is 0 Å². The zero-order chi connectivity index (χ0) is 22.4. The first-order valence-electron chi connectivity index (χ1n) is 9.55. The molecule has 0 saturated heterocycles. The monoisotopic (exact) mass is 468 g/mol. The van der Waals surface area contributed by atoms with Gasteiger partial charge in [0.15, 0.2) is 17.3 Å². The lowest BCUT2D eigenvalue weighted by molar-refractivity contribution is 0.0734. The zero-order valence-electron chi connectivity index (χ0n) is 16.6. The predicted octanol–water partition coefficient (Wildman–Crippen LogP) is 5.87. The molecule has 2 heterocycles. The summed E-state index contributed by atoms with van der Waals surface area (Å²) in [5.74, 6) is 0.873. The molecule has 0 bridgehead atoms. The fourth-order valence-electron chi connectivity index (χ4n) is 3.49. The molecule has 0 fully saturated rings. The Kier molecular flexibility index (Phi) is 5.04. The van der Waals surface area contributed by atoms with Crippen LogP contribution in [0.5, 0.6) is 23.0 Å². The van der Waals surface area contributed by atoms with Crippen molar-refractivity contribution in [3.8, 4) is 23.0 Å². The van der Waals surface area contributed by atoms with Crippen molar-refractivity contribution >= 4 is 41.0 Å². The molecule has 3 aromatic carbocycles. The van der Waals surface area contributed by atoms with Crippen molar-refractivity contribution in [1.82, 2.24) is 0 Å². The first-order valence-corrected chi connectivity index (χ1v) is 10.3. The summed E-state index contributed by atoms with van der Waals surface area (Å²) in [7, 11) is 0. The molecule has 6 nitrogen and oxygen atoms in total. The van der Waals surface area contributed by atoms with Gasteiger partial charge in [0.05, 0.1) is 11.1 Å². The lowest BCUT2D eigenvalue weighted by Gasteiger charge is -2.08. The Balaban J connectivity index is 1.41. The van der Waals surface area contributed by atoms with Gasteiger partial charge in [-0.15, -0.1) is 0 Å². The van der Waals surface area contributed by atoms with Crippen LogP contribution < -0.4 is 18.9 Å². The summed E-state index contributed by atoms with van der Waals surface area (Å²) in [5, 5.41) is 0.885. The molecule has 160 valence electrons. The molecule has 0 amide bonds. The highest BCUT2D eigenvalue weighted by Crippen LogP contribution is 2.39. The molecule has 3 aromatic rings. The molecule has 0 N–H and O–H groups in total. The number of hydrogen-bond acceptors (Lipinski definition) is 6. The van der Waals surface area contributed by atoms with Crippen molar-refractivity contribution in [1.29, 1.82) is 0 Å². The Morgan fingerprint density at radius 2 is 1.81 bits per heavy atom. The van der Waals surface area contributed by atoms with Crippen molar-refractivity contribution in [3.63, 3.8) is 0 Å². The van der Waals surface area contributed by atoms with Gasteiger partial charge in [-0.25, -0.2) is 4.79 Å². The second kappa shape index (κ2) is 7.89. The van der Waals surface area contributed by atoms with Crippen LogP contribution in [0.3, 0.4) is 0 Å². The third kappa shape index (κ3) is 3.68. The van der Waals surface area contributed by atoms with E-state index in [1.165, 1.54) is 6.07 Å². The predicted molar refractivity (Wildman–Crippen MR) is 118 cm³/mol. The molecular weight excluding hydrogens is 455 g/mol. The van der Waals surface area contributed by atoms with Crippen LogP contribution >= 0.6 is 23.2 Å². The zero-order valence-corrected chi connectivity index (χ0v) is 18.1. The van der Waals surface area contributed by atoms with Crippen LogP contribution in [-0.2, 0) is 0 Å². The minimum Gasteiger partial charge on any atom is -0.454 e. The standard InChI is InChI=1S/C24H14Cl2O6/c1-12-6-16(31-24(28)14-3-5-18-19(8-14)30-11-29-18)10-20-22(12)23(27)21(32-20)7-13-2-4-15(25)9-17(13)26/h2-10H,11H2,1H3/b21-7-. The number of ketones is 1. The van der Waals surface area contributed by atoms with Crippen LogP contribution in [0.25, 0.3) is 6.08 Å². The Bertz CT molecular complexity index is 1330. The van der Waals surface area contributed by atoms with Crippen molar-refractivity contribution in [2.45, 2.75) is 6.92 Å². The maximum absolute atomic E-state index is 12.9. The second-order valence-corrected chi connectivity index (χ2v) is 8.02. The number of rotatable bonds is 3. The van der Waals surface area contributed by atoms with E-state index >= 15 is 0 Å². The summed E-state index contributed by atoms with van der Waals surface area (Å²) in [6, 6.07) is 12.9. The van der Waals surface area contributed by atoms with Crippen LogP contribution in [0, 0.1) is 6.92 Å². The van der Waals surface area contributed by atoms with E-state index in [-0.39, 0.29) is 24.1 Å². The summed E-state index contributed by atoms with van der Waals surface area (Å²) in [6.45, 7) is 1.86. The molecule has 0 saturated carbocycles. The lowest BCUT2D eigenvalue weighted by atomic mass is 10.0. The molecule has 0 aromatic heterocycles. The largest absolute Gasteiger partial charge is 0.454 e. The quantitative estimate of drug-likeness (QED) is 0.272. The van der Waals surface area contributed by atoms with Crippen molar-refractivity contribution in [2.75, 3.05) is 6.79 Å². The van der Waals surface area contributed by atoms with E-state index in [0.29, 0.717) is 49.5 Å². The van der Waals surface area contributed by atoms with E-state index in [2.05, 4.69) is 0 Å². The Hall–Kier alpha value is -3.48. The normalized spacial score (nSPS) is 15.0. The Morgan fingerprint density at radius 1 is 1.00 bits per heavy atom. The number of aryl methyl sites for hydroxylation is 1. The average Bonchev–Trinajstić information content (AvgIpc) is 3.34. The maximum atomic E-state index is 12.9. The molecule has 0 radical (unpaired) electrons. The van der Waals surface area contributed by atoms with Gasteiger partial charge in [-0.2, -0.15) is 0 Å². The minimum absolute atomic E-state index is 0.111. The van der Waals surface area contributed by atoms with Gasteiger partial charge in [0.25, 0.3) is 0 Å². The van der Waals surface area contributed by atoms with Gasteiger partial charge in [0.1, 0.15) is 11.5 Å². The van der Waals surface area contributed by atoms with Gasteiger partial charge in [-0.1, -0.05) is 29.3 Å². The van der Waals surface area contributed by atoms with Gasteiger partial charge in [0, 0.05) is 16.1 Å². The van der Waals surface area contributed by atoms with Crippen LogP contribution in [0.1, 0.15) is 31.8 Å². The number of benzene rings is 3. The highest BCUT2D eigenvalue weighted by atomic mass is 35.5. The SMILES string of the molecule is Cc1cc(OC(=O)c2ccc3c(c2)OCO3)cc2c1C(=O)/C(=C/c1ccc(Cl)cc1Cl)O2. The molecule has 0 unspecified atom stereocenters. The topological polar surface area (TPSA) is 71.1 Å². The Labute approximate surface area is 192 Å². The van der Waals surface area contributed by atoms with Crippen molar-refractivity contribution in [3.05, 3.63) is 86.6 Å². The summed E-state index contributed by atoms with van der Waals surface area (Å²) in [4.78, 5) is 25.5. The number of carbonyl (C=O) groups excluding carboxylic acids is 2. The lowest BCUT2D eigenvalue weighted by Crippen LogP contribution is -2.08.